The number of hydrogen-bond acceptors (Lipinski definition) is 3. The molecule has 0 aromatic carbocycles. The first-order chi connectivity index (χ1) is 7.79. The molecule has 1 unspecified atom stereocenters. The second-order valence-corrected chi connectivity index (χ2v) is 4.07. The quantitative estimate of drug-likeness (QED) is 0.820. The number of alkyl halides is 2. The predicted octanol–water partition coefficient (Wildman–Crippen LogP) is 1.18. The minimum absolute atomic E-state index is 0.0777. The zero-order valence-electron chi connectivity index (χ0n) is 8.33. The zero-order chi connectivity index (χ0) is 13.2. The first kappa shape index (κ1) is 13.9. The summed E-state index contributed by atoms with van der Waals surface area (Å²) < 4.78 is 40.0. The average molecular weight is 313 g/mol. The molecule has 1 heterocycles. The molecule has 17 heavy (non-hydrogen) atoms. The van der Waals surface area contributed by atoms with E-state index in [4.69, 9.17) is 10.8 Å². The van der Waals surface area contributed by atoms with Crippen molar-refractivity contribution in [1.29, 1.82) is 0 Å². The highest BCUT2D eigenvalue weighted by Crippen LogP contribution is 2.33. The van der Waals surface area contributed by atoms with Crippen LogP contribution in [-0.2, 0) is 4.79 Å². The summed E-state index contributed by atoms with van der Waals surface area (Å²) in [5, 5.41) is 8.52. The van der Waals surface area contributed by atoms with Crippen LogP contribution in [0.2, 0.25) is 0 Å². The van der Waals surface area contributed by atoms with Crippen molar-refractivity contribution in [2.75, 3.05) is 6.61 Å². The van der Waals surface area contributed by atoms with Crippen molar-refractivity contribution in [3.8, 4) is 0 Å². The highest BCUT2D eigenvalue weighted by molar-refractivity contribution is 9.10. The van der Waals surface area contributed by atoms with E-state index in [1.165, 1.54) is 6.07 Å². The van der Waals surface area contributed by atoms with Gasteiger partial charge in [0.25, 0.3) is 5.92 Å². The van der Waals surface area contributed by atoms with Gasteiger partial charge < -0.3 is 10.8 Å². The summed E-state index contributed by atoms with van der Waals surface area (Å²) in [5.41, 5.74) is 4.00. The molecule has 3 N–H and O–H groups in total. The molecule has 0 aliphatic rings. The fraction of sp³-hybridized carbons (Fsp3) is 0.333. The molecule has 0 saturated carbocycles. The highest BCUT2D eigenvalue weighted by atomic mass is 79.9. The molecule has 4 nitrogen and oxygen atoms in total. The van der Waals surface area contributed by atoms with Crippen LogP contribution in [0.25, 0.3) is 0 Å². The van der Waals surface area contributed by atoms with E-state index in [1.54, 1.807) is 0 Å². The summed E-state index contributed by atoms with van der Waals surface area (Å²) in [6, 6.07) is 2.06. The number of carbonyl (C=O) groups is 1. The number of amides is 1. The van der Waals surface area contributed by atoms with Gasteiger partial charge in [-0.1, -0.05) is 0 Å². The summed E-state index contributed by atoms with van der Waals surface area (Å²) in [7, 11) is 0. The normalized spacial score (nSPS) is 13.5. The molecular weight excluding hydrogens is 305 g/mol. The molecule has 1 aromatic rings. The van der Waals surface area contributed by atoms with Crippen LogP contribution in [-0.4, -0.2) is 28.5 Å². The van der Waals surface area contributed by atoms with E-state index in [0.29, 0.717) is 0 Å². The number of aromatic nitrogens is 1. The van der Waals surface area contributed by atoms with Crippen LogP contribution in [0, 0.1) is 5.82 Å². The fourth-order valence-corrected chi connectivity index (χ4v) is 1.59. The molecule has 1 rings (SSSR count). The van der Waals surface area contributed by atoms with Crippen LogP contribution in [0.15, 0.2) is 16.7 Å². The van der Waals surface area contributed by atoms with E-state index in [9.17, 15) is 18.0 Å². The lowest BCUT2D eigenvalue weighted by Gasteiger charge is -2.22. The van der Waals surface area contributed by atoms with Crippen molar-refractivity contribution in [2.24, 2.45) is 5.73 Å². The molecule has 0 aliphatic heterocycles. The van der Waals surface area contributed by atoms with Gasteiger partial charge in [0.2, 0.25) is 5.91 Å². The van der Waals surface area contributed by atoms with Gasteiger partial charge in [-0.05, 0) is 28.1 Å². The van der Waals surface area contributed by atoms with Crippen molar-refractivity contribution in [3.63, 3.8) is 0 Å². The minimum Gasteiger partial charge on any atom is -0.390 e. The smallest absolute Gasteiger partial charge is 0.287 e. The zero-order valence-corrected chi connectivity index (χ0v) is 9.92. The summed E-state index contributed by atoms with van der Waals surface area (Å²) >= 11 is 2.87. The Hall–Kier alpha value is -1.15. The summed E-state index contributed by atoms with van der Waals surface area (Å²) in [5.74, 6) is -8.75. The second kappa shape index (κ2) is 5.01. The van der Waals surface area contributed by atoms with Crippen LogP contribution >= 0.6 is 15.9 Å². The predicted molar refractivity (Wildman–Crippen MR) is 55.9 cm³/mol. The average Bonchev–Trinajstić information content (AvgIpc) is 2.22. The molecule has 0 spiro atoms. The largest absolute Gasteiger partial charge is 0.390 e. The highest BCUT2D eigenvalue weighted by Gasteiger charge is 2.46. The van der Waals surface area contributed by atoms with Crippen LogP contribution in [0.5, 0.6) is 0 Å². The van der Waals surface area contributed by atoms with Crippen molar-refractivity contribution in [2.45, 2.75) is 11.8 Å². The number of nitrogens with zero attached hydrogens (tertiary/aromatic N) is 1. The maximum Gasteiger partial charge on any atom is 0.287 e. The van der Waals surface area contributed by atoms with Gasteiger partial charge in [-0.15, -0.1) is 0 Å². The van der Waals surface area contributed by atoms with Crippen molar-refractivity contribution >= 4 is 21.8 Å². The number of aliphatic hydroxyl groups is 1. The molecule has 1 aromatic heterocycles. The lowest BCUT2D eigenvalue weighted by atomic mass is 9.96. The molecule has 0 bridgehead atoms. The topological polar surface area (TPSA) is 76.2 Å². The molecule has 94 valence electrons. The number of halogens is 4. The second-order valence-electron chi connectivity index (χ2n) is 3.26. The monoisotopic (exact) mass is 312 g/mol. The van der Waals surface area contributed by atoms with Crippen LogP contribution in [0.3, 0.4) is 0 Å². The Morgan fingerprint density at radius 1 is 1.59 bits per heavy atom. The number of rotatable bonds is 4. The van der Waals surface area contributed by atoms with Gasteiger partial charge in [-0.2, -0.15) is 0 Å². The number of aliphatic hydroxyl groups excluding tert-OH is 1. The van der Waals surface area contributed by atoms with Gasteiger partial charge in [-0.25, -0.2) is 18.2 Å². The summed E-state index contributed by atoms with van der Waals surface area (Å²) in [4.78, 5) is 14.4. The number of carbonyl (C=O) groups excluding carboxylic acids is 1. The third-order valence-electron chi connectivity index (χ3n) is 2.03. The van der Waals surface area contributed by atoms with E-state index in [0.717, 1.165) is 6.07 Å². The van der Waals surface area contributed by atoms with E-state index in [1.807, 2.05) is 0 Å². The molecule has 8 heteroatoms. The van der Waals surface area contributed by atoms with E-state index in [-0.39, 0.29) is 4.60 Å². The van der Waals surface area contributed by atoms with Gasteiger partial charge in [0.1, 0.15) is 22.9 Å². The Bertz CT molecular complexity index is 442. The lowest BCUT2D eigenvalue weighted by Crippen LogP contribution is -2.40. The van der Waals surface area contributed by atoms with E-state index < -0.39 is 35.9 Å². The number of pyridine rings is 1. The summed E-state index contributed by atoms with van der Waals surface area (Å²) in [6.07, 6.45) is 0. The molecular formula is C9H8BrF3N2O2. The van der Waals surface area contributed by atoms with Gasteiger partial charge in [-0.3, -0.25) is 4.79 Å². The van der Waals surface area contributed by atoms with Crippen LogP contribution in [0.4, 0.5) is 13.2 Å². The SMILES string of the molecule is NC(=O)C(c1nc(Br)ccc1F)C(F)(F)CO. The Morgan fingerprint density at radius 3 is 2.65 bits per heavy atom. The summed E-state index contributed by atoms with van der Waals surface area (Å²) in [6.45, 7) is -1.63. The molecule has 1 amide bonds. The molecule has 0 saturated heterocycles. The third-order valence-corrected chi connectivity index (χ3v) is 2.47. The van der Waals surface area contributed by atoms with E-state index >= 15 is 0 Å². The van der Waals surface area contributed by atoms with Crippen molar-refractivity contribution < 1.29 is 23.1 Å². The molecule has 0 radical (unpaired) electrons. The Morgan fingerprint density at radius 2 is 2.18 bits per heavy atom. The van der Waals surface area contributed by atoms with Gasteiger partial charge in [0.15, 0.2) is 0 Å². The third kappa shape index (κ3) is 2.95. The first-order valence-corrected chi connectivity index (χ1v) is 5.19. The lowest BCUT2D eigenvalue weighted by molar-refractivity contribution is -0.134. The van der Waals surface area contributed by atoms with Crippen LogP contribution in [0.1, 0.15) is 11.6 Å². The Labute approximate surface area is 103 Å². The molecule has 1 atom stereocenters. The molecule has 0 aliphatic carbocycles. The maximum atomic E-state index is 13.3. The minimum atomic E-state index is -3.87. The van der Waals surface area contributed by atoms with Crippen molar-refractivity contribution in [1.82, 2.24) is 4.98 Å². The Balaban J connectivity index is 3.33. The number of hydrogen-bond donors (Lipinski definition) is 2. The van der Waals surface area contributed by atoms with Crippen LogP contribution < -0.4 is 5.73 Å². The number of nitrogens with two attached hydrogens (primary N) is 1. The van der Waals surface area contributed by atoms with E-state index in [2.05, 4.69) is 20.9 Å². The van der Waals surface area contributed by atoms with Crippen molar-refractivity contribution in [3.05, 3.63) is 28.2 Å². The fourth-order valence-electron chi connectivity index (χ4n) is 1.27. The first-order valence-electron chi connectivity index (χ1n) is 4.39. The Kier molecular flexibility index (Phi) is 4.10. The molecule has 0 fully saturated rings. The maximum absolute atomic E-state index is 13.3. The standard InChI is InChI=1S/C9H8BrF3N2O2/c10-5-2-1-4(11)7(15-5)6(8(14)17)9(12,13)3-16/h1-2,6,16H,3H2,(H2,14,17). The van der Waals surface area contributed by atoms with Gasteiger partial charge in [0.05, 0.1) is 5.69 Å². The van der Waals surface area contributed by atoms with Gasteiger partial charge >= 0.3 is 0 Å². The number of primary amides is 1. The van der Waals surface area contributed by atoms with Gasteiger partial charge in [0, 0.05) is 0 Å².